The Balaban J connectivity index is 1.27. The molecule has 2 aliphatic carbocycles. The zero-order valence-corrected chi connectivity index (χ0v) is 50.7. The molecule has 3 nitrogen and oxygen atoms in total. The highest BCUT2D eigenvalue weighted by molar-refractivity contribution is 7.33. The zero-order valence-electron chi connectivity index (χ0n) is 52.9. The van der Waals surface area contributed by atoms with Gasteiger partial charge in [0.1, 0.15) is 0 Å². The zero-order chi connectivity index (χ0) is 58.1. The Morgan fingerprint density at radius 3 is 1.64 bits per heavy atom. The molecule has 0 bridgehead atoms. The van der Waals surface area contributed by atoms with E-state index in [4.69, 9.17) is 4.11 Å². The number of thiophene rings is 1. The molecule has 0 spiro atoms. The van der Waals surface area contributed by atoms with Gasteiger partial charge in [0.15, 0.2) is 0 Å². The summed E-state index contributed by atoms with van der Waals surface area (Å²) < 4.78 is 27.9. The van der Waals surface area contributed by atoms with Crippen LogP contribution in [0.3, 0.4) is 0 Å². The smallest absolute Gasteiger partial charge is 0.264 e. The van der Waals surface area contributed by atoms with Gasteiger partial charge in [-0.3, -0.25) is 0 Å². The first-order valence-electron chi connectivity index (χ1n) is 30.5. The normalized spacial score (nSPS) is 18.5. The van der Waals surface area contributed by atoms with Gasteiger partial charge in [-0.05, 0) is 199 Å². The van der Waals surface area contributed by atoms with Crippen LogP contribution >= 0.6 is 11.3 Å². The van der Waals surface area contributed by atoms with E-state index >= 15 is 0 Å². The Morgan fingerprint density at radius 1 is 0.487 bits per heavy atom. The van der Waals surface area contributed by atoms with Crippen molar-refractivity contribution in [2.24, 2.45) is 0 Å². The lowest BCUT2D eigenvalue weighted by Crippen LogP contribution is -2.61. The number of aryl methyl sites for hydroxylation is 1. The topological polar surface area (TPSA) is 9.72 Å². The molecule has 0 N–H and O–H groups in total. The van der Waals surface area contributed by atoms with E-state index in [2.05, 4.69) is 242 Å². The van der Waals surface area contributed by atoms with Crippen LogP contribution in [-0.2, 0) is 37.9 Å². The van der Waals surface area contributed by atoms with Gasteiger partial charge in [0.2, 0.25) is 0 Å². The van der Waals surface area contributed by atoms with E-state index in [1.807, 2.05) is 23.5 Å². The lowest BCUT2D eigenvalue weighted by Gasteiger charge is -2.48. The lowest BCUT2D eigenvalue weighted by atomic mass is 9.35. The van der Waals surface area contributed by atoms with E-state index in [1.165, 1.54) is 81.8 Å². The fourth-order valence-corrected chi connectivity index (χ4v) is 15.3. The Bertz CT molecular complexity index is 3840. The second-order valence-electron chi connectivity index (χ2n) is 29.4. The fraction of sp³-hybridized carbons (Fsp3) is 0.397. The van der Waals surface area contributed by atoms with Crippen molar-refractivity contribution in [1.82, 2.24) is 0 Å². The molecule has 0 radical (unpaired) electrons. The SMILES string of the molecule is [2H]C([2H])([2H])c1ccc(N(c2ccccc2)c2cc3c4c(c2)N(c2ccc(C(C)(C)C)c(C(C)(C)C)c2)c2c(sc5ccc(C(C)(C)C)cc25)B4c2cc4c(cc2N3c2ccc3c(c2)C(C)(C)CCC3(C)C)C(C)(C)CCC4(C)C)cc1. The third-order valence-electron chi connectivity index (χ3n) is 18.9. The number of hydrogen-bond acceptors (Lipinski definition) is 4. The van der Waals surface area contributed by atoms with Crippen LogP contribution in [0.5, 0.6) is 0 Å². The molecule has 0 fully saturated rings. The molecular weight excluding hydrogens is 962 g/mol. The number of anilines is 9. The third-order valence-corrected chi connectivity index (χ3v) is 20.1. The van der Waals surface area contributed by atoms with Crippen molar-refractivity contribution in [3.63, 3.8) is 0 Å². The van der Waals surface area contributed by atoms with E-state index in [9.17, 15) is 0 Å². The molecule has 4 aliphatic rings. The number of fused-ring (bicyclic) bond motifs is 8. The lowest BCUT2D eigenvalue weighted by molar-refractivity contribution is 0.332. The molecule has 2 aliphatic heterocycles. The molecule has 0 unspecified atom stereocenters. The van der Waals surface area contributed by atoms with Crippen LogP contribution in [0.2, 0.25) is 0 Å². The average molecular weight is 1050 g/mol. The molecule has 1 aromatic heterocycles. The van der Waals surface area contributed by atoms with Crippen LogP contribution < -0.4 is 30.4 Å². The quantitative estimate of drug-likeness (QED) is 0.159. The summed E-state index contributed by atoms with van der Waals surface area (Å²) in [4.78, 5) is 7.68. The maximum atomic E-state index is 8.40. The minimum Gasteiger partial charge on any atom is -0.311 e. The second-order valence-corrected chi connectivity index (χ2v) is 30.5. The van der Waals surface area contributed by atoms with Gasteiger partial charge in [0, 0.05) is 58.8 Å². The van der Waals surface area contributed by atoms with E-state index in [1.54, 1.807) is 12.1 Å². The molecule has 12 rings (SSSR count). The summed E-state index contributed by atoms with van der Waals surface area (Å²) in [6, 6.07) is 50.6. The average Bonchev–Trinajstić information content (AvgIpc) is 3.95. The molecule has 8 aromatic rings. The maximum Gasteiger partial charge on any atom is 0.264 e. The molecule has 400 valence electrons. The van der Waals surface area contributed by atoms with Gasteiger partial charge in [0.25, 0.3) is 6.71 Å². The Hall–Kier alpha value is -6.04. The Morgan fingerprint density at radius 2 is 1.04 bits per heavy atom. The molecule has 78 heavy (non-hydrogen) atoms. The van der Waals surface area contributed by atoms with E-state index in [-0.39, 0.29) is 44.6 Å². The number of nitrogens with zero attached hydrogens (tertiary/aromatic N) is 3. The standard InChI is InChI=1S/C73H84BN3S/c1-45-24-27-48(28-25-45)75(47-22-20-19-21-23-47)51-41-61-64-62(42-51)77(50-29-31-53(68(5,6)7)55(39-50)69(8,9)10)65-52-38-46(67(2,3)4)26-33-63(52)78-66(65)74(64)59-43-57-58(73(17,18)37-36-72(57,15)16)44-60(59)76(61)49-30-32-54-56(40-49)71(13,14)35-34-70(54,11)12/h19-33,38-44H,34-37H2,1-18H3/i1D3. The summed E-state index contributed by atoms with van der Waals surface area (Å²) in [6.45, 7) is 38.5. The highest BCUT2D eigenvalue weighted by Crippen LogP contribution is 2.56. The fourth-order valence-electron chi connectivity index (χ4n) is 14.0. The van der Waals surface area contributed by atoms with Crippen LogP contribution in [-0.4, -0.2) is 6.71 Å². The Kier molecular flexibility index (Phi) is 11.0. The highest BCUT2D eigenvalue weighted by atomic mass is 32.1. The molecule has 3 heterocycles. The monoisotopic (exact) mass is 1050 g/mol. The van der Waals surface area contributed by atoms with Gasteiger partial charge >= 0.3 is 0 Å². The molecule has 5 heteroatoms. The van der Waals surface area contributed by atoms with E-state index in [0.29, 0.717) is 5.56 Å². The van der Waals surface area contributed by atoms with Gasteiger partial charge in [-0.2, -0.15) is 0 Å². The molecule has 0 atom stereocenters. The van der Waals surface area contributed by atoms with Crippen LogP contribution in [0, 0.1) is 6.85 Å². The third kappa shape index (κ3) is 8.41. The van der Waals surface area contributed by atoms with Gasteiger partial charge in [-0.1, -0.05) is 178 Å². The van der Waals surface area contributed by atoms with Crippen molar-refractivity contribution in [3.8, 4) is 0 Å². The summed E-state index contributed by atoms with van der Waals surface area (Å²) in [6.07, 6.45) is 4.51. The molecule has 0 saturated heterocycles. The minimum absolute atomic E-state index is 0.0190. The van der Waals surface area contributed by atoms with Crippen molar-refractivity contribution < 1.29 is 4.11 Å². The van der Waals surface area contributed by atoms with Crippen molar-refractivity contribution in [2.75, 3.05) is 14.7 Å². The van der Waals surface area contributed by atoms with E-state index < -0.39 is 6.85 Å². The first kappa shape index (κ1) is 49.0. The summed E-state index contributed by atoms with van der Waals surface area (Å²) in [5, 5.41) is 1.28. The first-order chi connectivity index (χ1) is 37.7. The molecule has 0 saturated carbocycles. The summed E-state index contributed by atoms with van der Waals surface area (Å²) in [7, 11) is 0. The predicted octanol–water partition coefficient (Wildman–Crippen LogP) is 19.4. The van der Waals surface area contributed by atoms with Crippen molar-refractivity contribution in [3.05, 3.63) is 178 Å². The molecule has 7 aromatic carbocycles. The van der Waals surface area contributed by atoms with Crippen LogP contribution in [0.4, 0.5) is 51.2 Å². The minimum atomic E-state index is -2.24. The van der Waals surface area contributed by atoms with Gasteiger partial charge in [-0.25, -0.2) is 0 Å². The summed E-state index contributed by atoms with van der Waals surface area (Å²) >= 11 is 1.98. The van der Waals surface area contributed by atoms with Gasteiger partial charge in [-0.15, -0.1) is 11.3 Å². The number of hydrogen-bond donors (Lipinski definition) is 0. The van der Waals surface area contributed by atoms with Crippen LogP contribution in [0.25, 0.3) is 10.1 Å². The summed E-state index contributed by atoms with van der Waals surface area (Å²) in [5.41, 5.74) is 22.5. The highest BCUT2D eigenvalue weighted by Gasteiger charge is 2.49. The predicted molar refractivity (Wildman–Crippen MR) is 342 cm³/mol. The maximum absolute atomic E-state index is 8.40. The van der Waals surface area contributed by atoms with Gasteiger partial charge < -0.3 is 14.7 Å². The molecular formula is C73H84BN3S. The first-order valence-corrected chi connectivity index (χ1v) is 29.8. The van der Waals surface area contributed by atoms with Crippen molar-refractivity contribution >= 4 is 95.0 Å². The van der Waals surface area contributed by atoms with E-state index in [0.717, 1.165) is 59.8 Å². The Labute approximate surface area is 477 Å². The van der Waals surface area contributed by atoms with Crippen molar-refractivity contribution in [2.45, 2.75) is 188 Å². The number of para-hydroxylation sites is 1. The van der Waals surface area contributed by atoms with Crippen molar-refractivity contribution in [1.29, 1.82) is 0 Å². The van der Waals surface area contributed by atoms with Crippen LogP contribution in [0.1, 0.15) is 192 Å². The number of benzene rings is 7. The second kappa shape index (κ2) is 17.5. The van der Waals surface area contributed by atoms with Gasteiger partial charge in [0.05, 0.1) is 11.4 Å². The summed E-state index contributed by atoms with van der Waals surface area (Å²) in [5.74, 6) is 0. The largest absolute Gasteiger partial charge is 0.311 e. The number of rotatable bonds is 5. The molecule has 0 amide bonds. The van der Waals surface area contributed by atoms with Crippen LogP contribution in [0.15, 0.2) is 133 Å².